The Morgan fingerprint density at radius 3 is 2.16 bits per heavy atom. The van der Waals surface area contributed by atoms with Gasteiger partial charge in [-0.25, -0.2) is 13.2 Å². The van der Waals surface area contributed by atoms with Gasteiger partial charge in [0.2, 0.25) is 0 Å². The molecule has 0 saturated carbocycles. The summed E-state index contributed by atoms with van der Waals surface area (Å²) in [6.07, 6.45) is 3.50. The Bertz CT molecular complexity index is 896. The van der Waals surface area contributed by atoms with Crippen LogP contribution >= 0.6 is 0 Å². The maximum absolute atomic E-state index is 14.6. The van der Waals surface area contributed by atoms with E-state index < -0.39 is 17.5 Å². The van der Waals surface area contributed by atoms with Gasteiger partial charge in [0.25, 0.3) is 0 Å². The van der Waals surface area contributed by atoms with Crippen molar-refractivity contribution >= 4 is 0 Å². The van der Waals surface area contributed by atoms with Crippen LogP contribution in [0.25, 0.3) is 22.3 Å². The van der Waals surface area contributed by atoms with Gasteiger partial charge in [-0.3, -0.25) is 0 Å². The number of benzene rings is 3. The Hall–Kier alpha value is -2.81. The van der Waals surface area contributed by atoms with Crippen LogP contribution in [0.1, 0.15) is 12.0 Å². The summed E-state index contributed by atoms with van der Waals surface area (Å²) in [6, 6.07) is 15.7. The number of aryl methyl sites for hydroxylation is 1. The van der Waals surface area contributed by atoms with Gasteiger partial charge in [0.1, 0.15) is 5.82 Å². The standard InChI is InChI=1S/C22H17F3/c1-2-3-6-15-9-11-16(12-10-15)21-18(13-14-20(24)22(21)25)17-7-4-5-8-19(17)23/h2,4-5,7-14H,1,3,6H2. The van der Waals surface area contributed by atoms with E-state index in [0.717, 1.165) is 24.5 Å². The summed E-state index contributed by atoms with van der Waals surface area (Å²) >= 11 is 0. The molecular weight excluding hydrogens is 321 g/mol. The number of halogens is 3. The largest absolute Gasteiger partial charge is 0.206 e. The van der Waals surface area contributed by atoms with Crippen molar-refractivity contribution in [3.8, 4) is 22.3 Å². The maximum atomic E-state index is 14.6. The van der Waals surface area contributed by atoms with Crippen LogP contribution in [-0.2, 0) is 6.42 Å². The van der Waals surface area contributed by atoms with E-state index in [2.05, 4.69) is 6.58 Å². The molecule has 0 heterocycles. The summed E-state index contributed by atoms with van der Waals surface area (Å²) in [5.74, 6) is -2.40. The normalized spacial score (nSPS) is 10.7. The molecule has 0 amide bonds. The Balaban J connectivity index is 2.13. The third-order valence-corrected chi connectivity index (χ3v) is 4.14. The van der Waals surface area contributed by atoms with E-state index in [1.807, 2.05) is 18.2 Å². The molecule has 3 aromatic carbocycles. The van der Waals surface area contributed by atoms with Crippen LogP contribution in [0.5, 0.6) is 0 Å². The van der Waals surface area contributed by atoms with Crippen LogP contribution in [-0.4, -0.2) is 0 Å². The SMILES string of the molecule is C=CCCc1ccc(-c2c(-c3ccccc3F)ccc(F)c2F)cc1. The maximum Gasteiger partial charge on any atom is 0.167 e. The van der Waals surface area contributed by atoms with Crippen molar-refractivity contribution in [2.75, 3.05) is 0 Å². The van der Waals surface area contributed by atoms with E-state index in [-0.39, 0.29) is 11.1 Å². The molecule has 126 valence electrons. The highest BCUT2D eigenvalue weighted by atomic mass is 19.2. The molecule has 0 atom stereocenters. The smallest absolute Gasteiger partial charge is 0.167 e. The zero-order valence-electron chi connectivity index (χ0n) is 13.6. The second kappa shape index (κ2) is 7.39. The lowest BCUT2D eigenvalue weighted by Crippen LogP contribution is -1.96. The van der Waals surface area contributed by atoms with Crippen LogP contribution in [0.2, 0.25) is 0 Å². The van der Waals surface area contributed by atoms with Crippen LogP contribution in [0, 0.1) is 17.5 Å². The van der Waals surface area contributed by atoms with Gasteiger partial charge in [-0.1, -0.05) is 54.6 Å². The predicted molar refractivity (Wildman–Crippen MR) is 95.7 cm³/mol. The average Bonchev–Trinajstić information content (AvgIpc) is 2.63. The third kappa shape index (κ3) is 3.50. The van der Waals surface area contributed by atoms with E-state index >= 15 is 0 Å². The van der Waals surface area contributed by atoms with Gasteiger partial charge < -0.3 is 0 Å². The summed E-state index contributed by atoms with van der Waals surface area (Å²) in [5.41, 5.74) is 2.23. The quantitative estimate of drug-likeness (QED) is 0.462. The summed E-state index contributed by atoms with van der Waals surface area (Å²) in [4.78, 5) is 0. The van der Waals surface area contributed by atoms with Gasteiger partial charge in [-0.15, -0.1) is 6.58 Å². The van der Waals surface area contributed by atoms with Gasteiger partial charge >= 0.3 is 0 Å². The molecule has 0 aliphatic carbocycles. The zero-order chi connectivity index (χ0) is 17.8. The summed E-state index contributed by atoms with van der Waals surface area (Å²) < 4.78 is 42.6. The number of hydrogen-bond donors (Lipinski definition) is 0. The number of allylic oxidation sites excluding steroid dienone is 1. The fourth-order valence-electron chi connectivity index (χ4n) is 2.84. The first-order valence-electron chi connectivity index (χ1n) is 8.05. The molecule has 0 nitrogen and oxygen atoms in total. The predicted octanol–water partition coefficient (Wildman–Crippen LogP) is 6.56. The number of rotatable bonds is 5. The summed E-state index contributed by atoms with van der Waals surface area (Å²) in [5, 5.41) is 0. The van der Waals surface area contributed by atoms with Crippen molar-refractivity contribution < 1.29 is 13.2 Å². The second-order valence-corrected chi connectivity index (χ2v) is 5.79. The van der Waals surface area contributed by atoms with Gasteiger partial charge in [-0.05, 0) is 41.7 Å². The molecule has 0 radical (unpaired) electrons. The van der Waals surface area contributed by atoms with Crippen LogP contribution < -0.4 is 0 Å². The van der Waals surface area contributed by atoms with Crippen LogP contribution in [0.15, 0.2) is 73.3 Å². The van der Waals surface area contributed by atoms with Crippen molar-refractivity contribution in [1.82, 2.24) is 0 Å². The van der Waals surface area contributed by atoms with Crippen molar-refractivity contribution in [1.29, 1.82) is 0 Å². The van der Waals surface area contributed by atoms with Gasteiger partial charge in [-0.2, -0.15) is 0 Å². The minimum Gasteiger partial charge on any atom is -0.206 e. The highest BCUT2D eigenvalue weighted by Crippen LogP contribution is 2.36. The molecule has 0 bridgehead atoms. The molecular formula is C22H17F3. The van der Waals surface area contributed by atoms with Crippen LogP contribution in [0.4, 0.5) is 13.2 Å². The van der Waals surface area contributed by atoms with Crippen LogP contribution in [0.3, 0.4) is 0 Å². The zero-order valence-corrected chi connectivity index (χ0v) is 13.6. The molecule has 0 aliphatic heterocycles. The highest BCUT2D eigenvalue weighted by Gasteiger charge is 2.18. The molecule has 0 aliphatic rings. The molecule has 3 rings (SSSR count). The Kier molecular flexibility index (Phi) is 5.03. The first kappa shape index (κ1) is 17.0. The second-order valence-electron chi connectivity index (χ2n) is 5.79. The molecule has 0 spiro atoms. The first-order valence-corrected chi connectivity index (χ1v) is 8.05. The van der Waals surface area contributed by atoms with Crippen molar-refractivity contribution in [2.24, 2.45) is 0 Å². The minimum absolute atomic E-state index is 0.0698. The number of hydrogen-bond acceptors (Lipinski definition) is 0. The Morgan fingerprint density at radius 1 is 0.760 bits per heavy atom. The lowest BCUT2D eigenvalue weighted by Gasteiger charge is -2.13. The van der Waals surface area contributed by atoms with E-state index in [1.54, 1.807) is 30.3 Å². The van der Waals surface area contributed by atoms with Crippen molar-refractivity contribution in [3.63, 3.8) is 0 Å². The molecule has 0 N–H and O–H groups in total. The molecule has 3 aromatic rings. The molecule has 0 saturated heterocycles. The molecule has 0 aromatic heterocycles. The molecule has 3 heteroatoms. The summed E-state index contributed by atoms with van der Waals surface area (Å²) in [6.45, 7) is 3.69. The lowest BCUT2D eigenvalue weighted by atomic mass is 9.92. The van der Waals surface area contributed by atoms with Gasteiger partial charge in [0, 0.05) is 11.1 Å². The molecule has 0 unspecified atom stereocenters. The molecule has 0 fully saturated rings. The van der Waals surface area contributed by atoms with E-state index in [9.17, 15) is 13.2 Å². The Morgan fingerprint density at radius 2 is 1.48 bits per heavy atom. The van der Waals surface area contributed by atoms with Crippen molar-refractivity contribution in [3.05, 3.63) is 96.3 Å². The van der Waals surface area contributed by atoms with E-state index in [1.165, 1.54) is 12.1 Å². The fraction of sp³-hybridized carbons (Fsp3) is 0.0909. The molecule has 25 heavy (non-hydrogen) atoms. The fourth-order valence-corrected chi connectivity index (χ4v) is 2.84. The monoisotopic (exact) mass is 338 g/mol. The first-order chi connectivity index (χ1) is 12.1. The van der Waals surface area contributed by atoms with Gasteiger partial charge in [0.05, 0.1) is 0 Å². The minimum atomic E-state index is -0.973. The summed E-state index contributed by atoms with van der Waals surface area (Å²) in [7, 11) is 0. The Labute approximate surface area is 145 Å². The topological polar surface area (TPSA) is 0 Å². The van der Waals surface area contributed by atoms with Crippen molar-refractivity contribution in [2.45, 2.75) is 12.8 Å². The lowest BCUT2D eigenvalue weighted by molar-refractivity contribution is 0.511. The third-order valence-electron chi connectivity index (χ3n) is 4.14. The van der Waals surface area contributed by atoms with E-state index in [4.69, 9.17) is 0 Å². The van der Waals surface area contributed by atoms with E-state index in [0.29, 0.717) is 11.1 Å². The highest BCUT2D eigenvalue weighted by molar-refractivity contribution is 5.84. The van der Waals surface area contributed by atoms with Gasteiger partial charge in [0.15, 0.2) is 11.6 Å². The average molecular weight is 338 g/mol.